The fraction of sp³-hybridized carbons (Fsp3) is 0.889. The van der Waals surface area contributed by atoms with Crippen LogP contribution in [0.25, 0.3) is 0 Å². The van der Waals surface area contributed by atoms with E-state index in [1.54, 1.807) is 0 Å². The fourth-order valence-electron chi connectivity index (χ4n) is 4.42. The number of aliphatic hydroxyl groups excluding tert-OH is 3. The van der Waals surface area contributed by atoms with Gasteiger partial charge in [0.05, 0.1) is 19.8 Å². The van der Waals surface area contributed by atoms with E-state index in [4.69, 9.17) is 25.5 Å². The van der Waals surface area contributed by atoms with Crippen LogP contribution in [0.2, 0.25) is 0 Å². The van der Waals surface area contributed by atoms with Crippen LogP contribution in [0.4, 0.5) is 0 Å². The molecule has 0 bridgehead atoms. The molecule has 0 radical (unpaired) electrons. The molecule has 0 spiro atoms. The standard InChI is InChI=1S/C18H34O2.C12H24O2.C6H14O3/c1-2-3-4-5-6-7-8-9-10-11-12-13-14-15-16-17-18(19)20;1-2-3-4-5-6-7-8-9-10-11-12(13)14;1-2-6(3-7,4-8)5-9/h9-10H,2-8,11-17H2,1H3,(H,19,20);2-11H2,1H3,(H,13,14);7-9H,2-5H2,1H3. The summed E-state index contributed by atoms with van der Waals surface area (Å²) in [5, 5.41) is 42.9. The third-order valence-electron chi connectivity index (χ3n) is 7.90. The Balaban J connectivity index is -0.000000604. The van der Waals surface area contributed by atoms with Crippen molar-refractivity contribution in [2.75, 3.05) is 19.8 Å². The summed E-state index contributed by atoms with van der Waals surface area (Å²) in [5.41, 5.74) is -0.667. The first kappa shape index (κ1) is 46.0. The van der Waals surface area contributed by atoms with Crippen molar-refractivity contribution >= 4 is 11.9 Å². The maximum absolute atomic E-state index is 10.3. The van der Waals surface area contributed by atoms with Crippen LogP contribution in [0.5, 0.6) is 0 Å². The van der Waals surface area contributed by atoms with E-state index in [1.807, 2.05) is 6.92 Å². The third kappa shape index (κ3) is 40.6. The quantitative estimate of drug-likeness (QED) is 0.0417. The summed E-state index contributed by atoms with van der Waals surface area (Å²) in [6.07, 6.45) is 33.3. The van der Waals surface area contributed by atoms with Crippen LogP contribution in [-0.2, 0) is 9.59 Å². The average Bonchev–Trinajstić information content (AvgIpc) is 3.00. The summed E-state index contributed by atoms with van der Waals surface area (Å²) in [5.74, 6) is -1.32. The van der Waals surface area contributed by atoms with Gasteiger partial charge in [0, 0.05) is 18.3 Å². The first-order chi connectivity index (χ1) is 20.8. The maximum Gasteiger partial charge on any atom is 0.303 e. The zero-order valence-electron chi connectivity index (χ0n) is 28.5. The van der Waals surface area contributed by atoms with Gasteiger partial charge in [0.1, 0.15) is 0 Å². The number of hydrogen-bond donors (Lipinski definition) is 5. The van der Waals surface area contributed by atoms with Crippen LogP contribution >= 0.6 is 0 Å². The molecule has 0 aromatic rings. The monoisotopic (exact) mass is 617 g/mol. The van der Waals surface area contributed by atoms with Crippen LogP contribution in [0.15, 0.2) is 12.2 Å². The molecule has 0 saturated carbocycles. The van der Waals surface area contributed by atoms with Crippen LogP contribution in [0.3, 0.4) is 0 Å². The summed E-state index contributed by atoms with van der Waals surface area (Å²) in [6, 6.07) is 0. The number of carboxylic acids is 2. The van der Waals surface area contributed by atoms with Crippen molar-refractivity contribution in [1.82, 2.24) is 0 Å². The number of aliphatic carboxylic acids is 2. The van der Waals surface area contributed by atoms with Gasteiger partial charge < -0.3 is 25.5 Å². The first-order valence-electron chi connectivity index (χ1n) is 17.7. The molecule has 0 atom stereocenters. The van der Waals surface area contributed by atoms with Gasteiger partial charge in [-0.15, -0.1) is 0 Å². The Labute approximate surface area is 265 Å². The second-order valence-electron chi connectivity index (χ2n) is 12.0. The Hall–Kier alpha value is -1.44. The molecule has 7 nitrogen and oxygen atoms in total. The molecule has 0 rings (SSSR count). The van der Waals surface area contributed by atoms with E-state index >= 15 is 0 Å². The van der Waals surface area contributed by atoms with Gasteiger partial charge in [0.25, 0.3) is 0 Å². The van der Waals surface area contributed by atoms with Gasteiger partial charge in [0.15, 0.2) is 0 Å². The second kappa shape index (κ2) is 38.6. The Bertz CT molecular complexity index is 571. The van der Waals surface area contributed by atoms with Crippen LogP contribution < -0.4 is 0 Å². The van der Waals surface area contributed by atoms with E-state index in [9.17, 15) is 9.59 Å². The highest BCUT2D eigenvalue weighted by Gasteiger charge is 2.24. The van der Waals surface area contributed by atoms with E-state index < -0.39 is 17.4 Å². The predicted octanol–water partition coefficient (Wildman–Crippen LogP) is 9.46. The predicted molar refractivity (Wildman–Crippen MR) is 181 cm³/mol. The zero-order chi connectivity index (χ0) is 32.9. The summed E-state index contributed by atoms with van der Waals surface area (Å²) in [4.78, 5) is 20.5. The van der Waals surface area contributed by atoms with Crippen molar-refractivity contribution in [3.8, 4) is 0 Å². The minimum atomic E-state index is -0.667. The van der Waals surface area contributed by atoms with Crippen LogP contribution in [-0.4, -0.2) is 57.3 Å². The average molecular weight is 617 g/mol. The minimum absolute atomic E-state index is 0.156. The van der Waals surface area contributed by atoms with E-state index in [0.717, 1.165) is 25.7 Å². The lowest BCUT2D eigenvalue weighted by Crippen LogP contribution is -2.32. The SMILES string of the molecule is CCC(CO)(CO)CO.CCCCCCCCC=CCCCCCCCC(=O)O.CCCCCCCCCCCC(=O)O. The molecule has 0 aliphatic heterocycles. The van der Waals surface area contributed by atoms with Crippen molar-refractivity contribution in [2.24, 2.45) is 5.41 Å². The fourth-order valence-corrected chi connectivity index (χ4v) is 4.42. The second-order valence-corrected chi connectivity index (χ2v) is 12.0. The van der Waals surface area contributed by atoms with Gasteiger partial charge >= 0.3 is 11.9 Å². The number of rotatable bonds is 29. The smallest absolute Gasteiger partial charge is 0.303 e. The van der Waals surface area contributed by atoms with Crippen molar-refractivity contribution in [3.05, 3.63) is 12.2 Å². The lowest BCUT2D eigenvalue weighted by molar-refractivity contribution is -0.138. The molecule has 0 aliphatic carbocycles. The van der Waals surface area contributed by atoms with Gasteiger partial charge in [0.2, 0.25) is 0 Å². The highest BCUT2D eigenvalue weighted by molar-refractivity contribution is 5.66. The molecule has 0 heterocycles. The van der Waals surface area contributed by atoms with Crippen molar-refractivity contribution in [2.45, 2.75) is 181 Å². The highest BCUT2D eigenvalue weighted by atomic mass is 16.4. The summed E-state index contributed by atoms with van der Waals surface area (Å²) < 4.78 is 0. The largest absolute Gasteiger partial charge is 0.481 e. The van der Waals surface area contributed by atoms with Gasteiger partial charge in [-0.3, -0.25) is 9.59 Å². The van der Waals surface area contributed by atoms with E-state index in [2.05, 4.69) is 26.0 Å². The van der Waals surface area contributed by atoms with Crippen LogP contribution in [0, 0.1) is 5.41 Å². The summed E-state index contributed by atoms with van der Waals surface area (Å²) in [7, 11) is 0. The van der Waals surface area contributed by atoms with Crippen molar-refractivity contribution in [1.29, 1.82) is 0 Å². The molecule has 43 heavy (non-hydrogen) atoms. The Morgan fingerprint density at radius 1 is 0.465 bits per heavy atom. The number of unbranched alkanes of at least 4 members (excludes halogenated alkanes) is 19. The molecule has 7 heteroatoms. The molecule has 0 saturated heterocycles. The Morgan fingerprint density at radius 3 is 0.977 bits per heavy atom. The third-order valence-corrected chi connectivity index (χ3v) is 7.90. The summed E-state index contributed by atoms with van der Waals surface area (Å²) in [6.45, 7) is 5.84. The van der Waals surface area contributed by atoms with Crippen molar-refractivity contribution < 1.29 is 35.1 Å². The molecular weight excluding hydrogens is 544 g/mol. The van der Waals surface area contributed by atoms with Gasteiger partial charge in [-0.05, 0) is 44.9 Å². The number of hydrogen-bond acceptors (Lipinski definition) is 5. The first-order valence-corrected chi connectivity index (χ1v) is 17.7. The van der Waals surface area contributed by atoms with Gasteiger partial charge in [-0.1, -0.05) is 136 Å². The molecule has 0 fully saturated rings. The number of carbonyl (C=O) groups is 2. The molecule has 0 aromatic carbocycles. The van der Waals surface area contributed by atoms with Gasteiger partial charge in [-0.2, -0.15) is 0 Å². The lowest BCUT2D eigenvalue weighted by Gasteiger charge is -2.24. The molecule has 5 N–H and O–H groups in total. The molecule has 0 aliphatic rings. The van der Waals surface area contributed by atoms with E-state index in [-0.39, 0.29) is 19.8 Å². The summed E-state index contributed by atoms with van der Waals surface area (Å²) >= 11 is 0. The Kier molecular flexibility index (Phi) is 41.3. The zero-order valence-corrected chi connectivity index (χ0v) is 28.5. The minimum Gasteiger partial charge on any atom is -0.481 e. The number of allylic oxidation sites excluding steroid dienone is 2. The molecular formula is C36H72O7. The molecule has 0 amide bonds. The topological polar surface area (TPSA) is 135 Å². The molecule has 258 valence electrons. The highest BCUT2D eigenvalue weighted by Crippen LogP contribution is 2.18. The molecule has 0 unspecified atom stereocenters. The number of carboxylic acid groups (broad SMARTS) is 2. The van der Waals surface area contributed by atoms with Crippen molar-refractivity contribution in [3.63, 3.8) is 0 Å². The van der Waals surface area contributed by atoms with E-state index in [1.165, 1.54) is 116 Å². The lowest BCUT2D eigenvalue weighted by atomic mass is 9.88. The van der Waals surface area contributed by atoms with Gasteiger partial charge in [-0.25, -0.2) is 0 Å². The van der Waals surface area contributed by atoms with Crippen LogP contribution in [0.1, 0.15) is 181 Å². The normalized spacial score (nSPS) is 11.1. The molecule has 0 aromatic heterocycles. The Morgan fingerprint density at radius 2 is 0.744 bits per heavy atom. The maximum atomic E-state index is 10.3. The number of aliphatic hydroxyl groups is 3. The van der Waals surface area contributed by atoms with E-state index in [0.29, 0.717) is 19.3 Å².